The van der Waals surface area contributed by atoms with E-state index in [1.807, 2.05) is 18.0 Å². The van der Waals surface area contributed by atoms with E-state index >= 15 is 0 Å². The van der Waals surface area contributed by atoms with Crippen molar-refractivity contribution in [2.24, 2.45) is 0 Å². The van der Waals surface area contributed by atoms with Crippen molar-refractivity contribution in [3.63, 3.8) is 0 Å². The van der Waals surface area contributed by atoms with Gasteiger partial charge in [-0.05, 0) is 30.7 Å². The topological polar surface area (TPSA) is 42.2 Å². The fourth-order valence-corrected chi connectivity index (χ4v) is 3.11. The summed E-state index contributed by atoms with van der Waals surface area (Å²) in [5.74, 6) is 0.848. The van der Waals surface area contributed by atoms with Gasteiger partial charge in [-0.2, -0.15) is 4.98 Å². The molecule has 6 heteroatoms. The largest absolute Gasteiger partial charge is 0.472 e. The van der Waals surface area contributed by atoms with E-state index in [4.69, 9.17) is 16.0 Å². The Labute approximate surface area is 119 Å². The fraction of sp³-hybridized carbons (Fsp3) is 0.231. The molecule has 0 saturated carbocycles. The molecule has 0 amide bonds. The predicted molar refractivity (Wildman–Crippen MR) is 78.0 cm³/mol. The van der Waals surface area contributed by atoms with E-state index in [0.29, 0.717) is 6.54 Å². The van der Waals surface area contributed by atoms with Crippen LogP contribution in [-0.4, -0.2) is 17.0 Å². The summed E-state index contributed by atoms with van der Waals surface area (Å²) in [7, 11) is 1.98. The quantitative estimate of drug-likeness (QED) is 0.687. The molecule has 4 nitrogen and oxygen atoms in total. The van der Waals surface area contributed by atoms with Gasteiger partial charge in [-0.3, -0.25) is 0 Å². The first-order valence-electron chi connectivity index (χ1n) is 5.79. The van der Waals surface area contributed by atoms with E-state index < -0.39 is 0 Å². The van der Waals surface area contributed by atoms with Gasteiger partial charge in [-0.1, -0.05) is 0 Å². The van der Waals surface area contributed by atoms with E-state index in [1.165, 1.54) is 4.88 Å². The first-order valence-corrected chi connectivity index (χ1v) is 6.99. The number of halogens is 1. The lowest BCUT2D eigenvalue weighted by Gasteiger charge is -2.18. The predicted octanol–water partition coefficient (Wildman–Crippen LogP) is 3.88. The molecule has 3 heterocycles. The Balaban J connectivity index is 2.03. The van der Waals surface area contributed by atoms with Crippen LogP contribution in [0.4, 0.5) is 5.82 Å². The molecule has 3 rings (SSSR count). The van der Waals surface area contributed by atoms with Gasteiger partial charge >= 0.3 is 0 Å². The maximum Gasteiger partial charge on any atom is 0.225 e. The summed E-state index contributed by atoms with van der Waals surface area (Å²) >= 11 is 7.62. The molecule has 0 aromatic carbocycles. The van der Waals surface area contributed by atoms with Crippen LogP contribution < -0.4 is 4.90 Å². The number of aromatic nitrogens is 2. The van der Waals surface area contributed by atoms with Gasteiger partial charge in [0.2, 0.25) is 5.28 Å². The van der Waals surface area contributed by atoms with E-state index in [-0.39, 0.29) is 5.28 Å². The first-order chi connectivity index (χ1) is 9.13. The standard InChI is InChI=1S/C13H12ClN3OS/c1-8-5-10-11(15-13(14)16-12(10)19-8)17(2)6-9-3-4-18-7-9/h3-5,7H,6H2,1-2H3. The minimum absolute atomic E-state index is 0.281. The van der Waals surface area contributed by atoms with Crippen molar-refractivity contribution >= 4 is 39.0 Å². The van der Waals surface area contributed by atoms with Crippen LogP contribution in [0, 0.1) is 6.92 Å². The van der Waals surface area contributed by atoms with Gasteiger partial charge in [0.25, 0.3) is 0 Å². The number of rotatable bonds is 3. The molecular formula is C13H12ClN3OS. The molecule has 3 aromatic heterocycles. The summed E-state index contributed by atoms with van der Waals surface area (Å²) in [4.78, 5) is 12.8. The van der Waals surface area contributed by atoms with Gasteiger partial charge in [0, 0.05) is 24.0 Å². The molecule has 0 unspecified atom stereocenters. The van der Waals surface area contributed by atoms with Crippen LogP contribution in [0.5, 0.6) is 0 Å². The van der Waals surface area contributed by atoms with Crippen LogP contribution in [0.25, 0.3) is 10.2 Å². The minimum atomic E-state index is 0.281. The van der Waals surface area contributed by atoms with Crippen LogP contribution in [0.3, 0.4) is 0 Å². The molecule has 0 bridgehead atoms. The number of anilines is 1. The second-order valence-corrected chi connectivity index (χ2v) is 5.95. The zero-order chi connectivity index (χ0) is 13.4. The summed E-state index contributed by atoms with van der Waals surface area (Å²) in [6.07, 6.45) is 3.40. The Morgan fingerprint density at radius 1 is 1.42 bits per heavy atom. The third-order valence-electron chi connectivity index (χ3n) is 2.83. The van der Waals surface area contributed by atoms with Crippen molar-refractivity contribution in [3.05, 3.63) is 40.4 Å². The second-order valence-electron chi connectivity index (χ2n) is 4.38. The highest BCUT2D eigenvalue weighted by Gasteiger charge is 2.13. The summed E-state index contributed by atoms with van der Waals surface area (Å²) in [5.41, 5.74) is 1.09. The third kappa shape index (κ3) is 2.43. The van der Waals surface area contributed by atoms with Crippen molar-refractivity contribution in [2.45, 2.75) is 13.5 Å². The zero-order valence-electron chi connectivity index (χ0n) is 10.6. The number of furan rings is 1. The third-order valence-corrected chi connectivity index (χ3v) is 3.94. The summed E-state index contributed by atoms with van der Waals surface area (Å²) in [5, 5.41) is 1.32. The molecule has 0 aliphatic heterocycles. The monoisotopic (exact) mass is 293 g/mol. The van der Waals surface area contributed by atoms with Gasteiger partial charge in [0.1, 0.15) is 10.6 Å². The number of thiophene rings is 1. The number of hydrogen-bond donors (Lipinski definition) is 0. The van der Waals surface area contributed by atoms with Crippen LogP contribution >= 0.6 is 22.9 Å². The highest BCUT2D eigenvalue weighted by Crippen LogP contribution is 2.31. The molecule has 98 valence electrons. The Morgan fingerprint density at radius 2 is 2.26 bits per heavy atom. The molecule has 0 atom stereocenters. The Bertz CT molecular complexity index is 708. The molecule has 0 aliphatic carbocycles. The number of fused-ring (bicyclic) bond motifs is 1. The van der Waals surface area contributed by atoms with E-state index in [1.54, 1.807) is 23.9 Å². The van der Waals surface area contributed by atoms with E-state index in [0.717, 1.165) is 21.6 Å². The summed E-state index contributed by atoms with van der Waals surface area (Å²) in [6.45, 7) is 2.77. The lowest BCUT2D eigenvalue weighted by molar-refractivity contribution is 0.563. The Hall–Kier alpha value is -1.59. The molecule has 0 fully saturated rings. The molecule has 0 radical (unpaired) electrons. The lowest BCUT2D eigenvalue weighted by Crippen LogP contribution is -2.17. The lowest BCUT2D eigenvalue weighted by atomic mass is 10.3. The minimum Gasteiger partial charge on any atom is -0.472 e. The maximum absolute atomic E-state index is 6.00. The molecule has 0 N–H and O–H groups in total. The number of aryl methyl sites for hydroxylation is 1. The molecule has 19 heavy (non-hydrogen) atoms. The molecule has 0 saturated heterocycles. The number of nitrogens with zero attached hydrogens (tertiary/aromatic N) is 3. The second kappa shape index (κ2) is 4.83. The van der Waals surface area contributed by atoms with Crippen LogP contribution in [-0.2, 0) is 6.54 Å². The maximum atomic E-state index is 6.00. The normalized spacial score (nSPS) is 11.1. The van der Waals surface area contributed by atoms with Crippen molar-refractivity contribution in [1.29, 1.82) is 0 Å². The molecular weight excluding hydrogens is 282 g/mol. The highest BCUT2D eigenvalue weighted by atomic mass is 35.5. The number of hydrogen-bond acceptors (Lipinski definition) is 5. The Morgan fingerprint density at radius 3 is 3.00 bits per heavy atom. The average Bonchev–Trinajstić information content (AvgIpc) is 2.96. The average molecular weight is 294 g/mol. The zero-order valence-corrected chi connectivity index (χ0v) is 12.1. The van der Waals surface area contributed by atoms with Gasteiger partial charge in [-0.25, -0.2) is 4.98 Å². The smallest absolute Gasteiger partial charge is 0.225 e. The van der Waals surface area contributed by atoms with Gasteiger partial charge in [0.05, 0.1) is 17.9 Å². The van der Waals surface area contributed by atoms with E-state index in [9.17, 15) is 0 Å². The Kier molecular flexibility index (Phi) is 3.16. The molecule has 0 aliphatic rings. The van der Waals surface area contributed by atoms with Crippen LogP contribution in [0.2, 0.25) is 5.28 Å². The highest BCUT2D eigenvalue weighted by molar-refractivity contribution is 7.18. The van der Waals surface area contributed by atoms with Crippen molar-refractivity contribution in [1.82, 2.24) is 9.97 Å². The van der Waals surface area contributed by atoms with Gasteiger partial charge < -0.3 is 9.32 Å². The van der Waals surface area contributed by atoms with Crippen molar-refractivity contribution in [2.75, 3.05) is 11.9 Å². The molecule has 0 spiro atoms. The van der Waals surface area contributed by atoms with Gasteiger partial charge in [0.15, 0.2) is 0 Å². The van der Waals surface area contributed by atoms with Crippen LogP contribution in [0.15, 0.2) is 29.1 Å². The molecule has 3 aromatic rings. The first kappa shape index (κ1) is 12.4. The fourth-order valence-electron chi connectivity index (χ4n) is 2.02. The van der Waals surface area contributed by atoms with Crippen molar-refractivity contribution < 1.29 is 4.42 Å². The van der Waals surface area contributed by atoms with E-state index in [2.05, 4.69) is 23.0 Å². The SMILES string of the molecule is Cc1cc2c(N(C)Cc3ccoc3)nc(Cl)nc2s1. The van der Waals surface area contributed by atoms with Crippen LogP contribution in [0.1, 0.15) is 10.4 Å². The summed E-state index contributed by atoms with van der Waals surface area (Å²) < 4.78 is 5.08. The summed E-state index contributed by atoms with van der Waals surface area (Å²) in [6, 6.07) is 4.03. The van der Waals surface area contributed by atoms with Crippen molar-refractivity contribution in [3.8, 4) is 0 Å². The van der Waals surface area contributed by atoms with Gasteiger partial charge in [-0.15, -0.1) is 11.3 Å².